The standard InChI is InChI=1S/C13H19NO2S/c1-17(15,16)12-7-5-11(6-8-12)13(14)9-3-2-4-10-13/h5-8H,2-4,9-10,14H2,1H3. The Morgan fingerprint density at radius 2 is 1.59 bits per heavy atom. The van der Waals surface area contributed by atoms with E-state index in [9.17, 15) is 8.42 Å². The summed E-state index contributed by atoms with van der Waals surface area (Å²) in [5.41, 5.74) is 7.19. The summed E-state index contributed by atoms with van der Waals surface area (Å²) in [5, 5.41) is 0. The van der Waals surface area contributed by atoms with Gasteiger partial charge in [0.2, 0.25) is 0 Å². The molecule has 94 valence electrons. The Morgan fingerprint density at radius 1 is 1.06 bits per heavy atom. The van der Waals surface area contributed by atoms with E-state index < -0.39 is 9.84 Å². The maximum atomic E-state index is 11.4. The van der Waals surface area contributed by atoms with Crippen LogP contribution in [0.5, 0.6) is 0 Å². The molecule has 2 rings (SSSR count). The second kappa shape index (κ2) is 4.42. The van der Waals surface area contributed by atoms with Crippen LogP contribution in [0, 0.1) is 0 Å². The number of benzene rings is 1. The molecule has 1 fully saturated rings. The molecule has 1 saturated carbocycles. The molecule has 0 aromatic heterocycles. The minimum Gasteiger partial charge on any atom is -0.321 e. The van der Waals surface area contributed by atoms with E-state index in [1.807, 2.05) is 12.1 Å². The molecule has 0 aliphatic heterocycles. The van der Waals surface area contributed by atoms with Crippen molar-refractivity contribution in [1.29, 1.82) is 0 Å². The van der Waals surface area contributed by atoms with Crippen LogP contribution in [0.15, 0.2) is 29.2 Å². The van der Waals surface area contributed by atoms with Crippen molar-refractivity contribution in [2.24, 2.45) is 5.73 Å². The number of hydrogen-bond donors (Lipinski definition) is 1. The first-order valence-electron chi connectivity index (χ1n) is 6.01. The maximum Gasteiger partial charge on any atom is 0.175 e. The van der Waals surface area contributed by atoms with E-state index in [0.717, 1.165) is 31.2 Å². The van der Waals surface area contributed by atoms with Crippen LogP contribution in [0.25, 0.3) is 0 Å². The van der Waals surface area contributed by atoms with Gasteiger partial charge < -0.3 is 5.73 Å². The van der Waals surface area contributed by atoms with Crippen molar-refractivity contribution in [3.05, 3.63) is 29.8 Å². The molecule has 2 N–H and O–H groups in total. The van der Waals surface area contributed by atoms with E-state index in [-0.39, 0.29) is 5.54 Å². The summed E-state index contributed by atoms with van der Waals surface area (Å²) >= 11 is 0. The van der Waals surface area contributed by atoms with Crippen LogP contribution in [-0.4, -0.2) is 14.7 Å². The van der Waals surface area contributed by atoms with Crippen molar-refractivity contribution in [3.8, 4) is 0 Å². The summed E-state index contributed by atoms with van der Waals surface area (Å²) in [6.45, 7) is 0. The average Bonchev–Trinajstić information content (AvgIpc) is 2.29. The van der Waals surface area contributed by atoms with Crippen LogP contribution in [0.4, 0.5) is 0 Å². The fourth-order valence-corrected chi connectivity index (χ4v) is 3.14. The molecule has 1 aromatic rings. The molecule has 1 aliphatic rings. The van der Waals surface area contributed by atoms with Gasteiger partial charge in [-0.15, -0.1) is 0 Å². The second-order valence-electron chi connectivity index (χ2n) is 5.01. The zero-order valence-corrected chi connectivity index (χ0v) is 11.0. The molecule has 0 heterocycles. The van der Waals surface area contributed by atoms with E-state index in [1.165, 1.54) is 12.7 Å². The van der Waals surface area contributed by atoms with Gasteiger partial charge in [-0.25, -0.2) is 8.42 Å². The summed E-state index contributed by atoms with van der Waals surface area (Å²) in [6.07, 6.45) is 6.77. The molecule has 0 unspecified atom stereocenters. The van der Waals surface area contributed by atoms with Crippen molar-refractivity contribution in [2.45, 2.75) is 42.5 Å². The third-order valence-electron chi connectivity index (χ3n) is 3.60. The molecule has 0 amide bonds. The predicted molar refractivity (Wildman–Crippen MR) is 68.5 cm³/mol. The highest BCUT2D eigenvalue weighted by atomic mass is 32.2. The van der Waals surface area contributed by atoms with Crippen LogP contribution >= 0.6 is 0 Å². The first kappa shape index (κ1) is 12.6. The Morgan fingerprint density at radius 3 is 2.06 bits per heavy atom. The van der Waals surface area contributed by atoms with Crippen LogP contribution in [-0.2, 0) is 15.4 Å². The third-order valence-corrected chi connectivity index (χ3v) is 4.73. The Hall–Kier alpha value is -0.870. The number of nitrogens with two attached hydrogens (primary N) is 1. The molecular formula is C13H19NO2S. The third kappa shape index (κ3) is 2.69. The van der Waals surface area contributed by atoms with Gasteiger partial charge >= 0.3 is 0 Å². The lowest BCUT2D eigenvalue weighted by atomic mass is 9.77. The van der Waals surface area contributed by atoms with Crippen LogP contribution in [0.2, 0.25) is 0 Å². The van der Waals surface area contributed by atoms with E-state index in [0.29, 0.717) is 4.90 Å². The number of sulfone groups is 1. The normalized spacial score (nSPS) is 20.1. The first-order chi connectivity index (χ1) is 7.92. The van der Waals surface area contributed by atoms with Crippen LogP contribution in [0.3, 0.4) is 0 Å². The van der Waals surface area contributed by atoms with Crippen molar-refractivity contribution in [3.63, 3.8) is 0 Å². The van der Waals surface area contributed by atoms with Crippen LogP contribution in [0.1, 0.15) is 37.7 Å². The number of hydrogen-bond acceptors (Lipinski definition) is 3. The predicted octanol–water partition coefficient (Wildman–Crippen LogP) is 2.21. The van der Waals surface area contributed by atoms with Crippen molar-refractivity contribution in [1.82, 2.24) is 0 Å². The highest BCUT2D eigenvalue weighted by Crippen LogP contribution is 2.34. The molecule has 4 heteroatoms. The summed E-state index contributed by atoms with van der Waals surface area (Å²) in [7, 11) is -3.11. The van der Waals surface area contributed by atoms with Gasteiger partial charge in [-0.05, 0) is 30.5 Å². The van der Waals surface area contributed by atoms with Gasteiger partial charge in [0.05, 0.1) is 4.90 Å². The minimum atomic E-state index is -3.11. The quantitative estimate of drug-likeness (QED) is 0.879. The Labute approximate surface area is 103 Å². The van der Waals surface area contributed by atoms with Crippen LogP contribution < -0.4 is 5.73 Å². The molecule has 0 saturated heterocycles. The molecule has 0 spiro atoms. The molecule has 17 heavy (non-hydrogen) atoms. The van der Waals surface area contributed by atoms with Gasteiger partial charge in [-0.3, -0.25) is 0 Å². The van der Waals surface area contributed by atoms with E-state index in [1.54, 1.807) is 12.1 Å². The summed E-state index contributed by atoms with van der Waals surface area (Å²) in [5.74, 6) is 0. The highest BCUT2D eigenvalue weighted by molar-refractivity contribution is 7.90. The minimum absolute atomic E-state index is 0.256. The molecule has 3 nitrogen and oxygen atoms in total. The average molecular weight is 253 g/mol. The molecule has 1 aliphatic carbocycles. The summed E-state index contributed by atoms with van der Waals surface area (Å²) in [4.78, 5) is 0.362. The zero-order valence-electron chi connectivity index (χ0n) is 10.1. The molecule has 0 bridgehead atoms. The van der Waals surface area contributed by atoms with Gasteiger partial charge in [-0.2, -0.15) is 0 Å². The topological polar surface area (TPSA) is 60.2 Å². The smallest absolute Gasteiger partial charge is 0.175 e. The van der Waals surface area contributed by atoms with Gasteiger partial charge in [0, 0.05) is 11.8 Å². The molecule has 0 radical (unpaired) electrons. The highest BCUT2D eigenvalue weighted by Gasteiger charge is 2.29. The Balaban J connectivity index is 2.29. The fourth-order valence-electron chi connectivity index (χ4n) is 2.51. The van der Waals surface area contributed by atoms with Crippen molar-refractivity contribution >= 4 is 9.84 Å². The fraction of sp³-hybridized carbons (Fsp3) is 0.538. The zero-order chi connectivity index (χ0) is 12.5. The molecule has 1 aromatic carbocycles. The number of rotatable bonds is 2. The lowest BCUT2D eigenvalue weighted by Gasteiger charge is -2.34. The molecular weight excluding hydrogens is 234 g/mol. The summed E-state index contributed by atoms with van der Waals surface area (Å²) in [6, 6.07) is 7.05. The van der Waals surface area contributed by atoms with Crippen molar-refractivity contribution in [2.75, 3.05) is 6.26 Å². The lowest BCUT2D eigenvalue weighted by molar-refractivity contribution is 0.302. The van der Waals surface area contributed by atoms with Crippen molar-refractivity contribution < 1.29 is 8.42 Å². The van der Waals surface area contributed by atoms with E-state index in [4.69, 9.17) is 5.73 Å². The van der Waals surface area contributed by atoms with Gasteiger partial charge in [0.25, 0.3) is 0 Å². The Kier molecular flexibility index (Phi) is 3.27. The molecule has 0 atom stereocenters. The summed E-state index contributed by atoms with van der Waals surface area (Å²) < 4.78 is 22.7. The maximum absolute atomic E-state index is 11.4. The largest absolute Gasteiger partial charge is 0.321 e. The van der Waals surface area contributed by atoms with Gasteiger partial charge in [0.15, 0.2) is 9.84 Å². The monoisotopic (exact) mass is 253 g/mol. The van der Waals surface area contributed by atoms with Gasteiger partial charge in [-0.1, -0.05) is 31.4 Å². The van der Waals surface area contributed by atoms with E-state index in [2.05, 4.69) is 0 Å². The Bertz CT molecular complexity index is 485. The SMILES string of the molecule is CS(=O)(=O)c1ccc(C2(N)CCCCC2)cc1. The lowest BCUT2D eigenvalue weighted by Crippen LogP contribution is -2.38. The second-order valence-corrected chi connectivity index (χ2v) is 7.03. The van der Waals surface area contributed by atoms with Gasteiger partial charge in [0.1, 0.15) is 0 Å². The van der Waals surface area contributed by atoms with E-state index >= 15 is 0 Å². The first-order valence-corrected chi connectivity index (χ1v) is 7.90.